The number of ether oxygens (including phenoxy) is 5. The van der Waals surface area contributed by atoms with Crippen molar-refractivity contribution in [3.8, 4) is 0 Å². The molecule has 0 amide bonds. The smallest absolute Gasteiger partial charge is 0.187 e. The van der Waals surface area contributed by atoms with Crippen molar-refractivity contribution in [1.29, 1.82) is 0 Å². The Morgan fingerprint density at radius 3 is 1.97 bits per heavy atom. The third-order valence-electron chi connectivity index (χ3n) is 5.93. The van der Waals surface area contributed by atoms with Crippen LogP contribution in [-0.4, -0.2) is 157 Å². The first-order valence-electron chi connectivity index (χ1n) is 10.5. The zero-order valence-electron chi connectivity index (χ0n) is 17.4. The summed E-state index contributed by atoms with van der Waals surface area (Å²) in [4.78, 5) is 0. The number of hydrogen-bond donors (Lipinski definition) is 10. The fourth-order valence-corrected chi connectivity index (χ4v) is 3.91. The largest absolute Gasteiger partial charge is 0.394 e. The molecule has 3 aliphatic rings. The van der Waals surface area contributed by atoms with E-state index >= 15 is 0 Å². The first-order chi connectivity index (χ1) is 15.6. The highest BCUT2D eigenvalue weighted by atomic mass is 16.7. The van der Waals surface area contributed by atoms with Gasteiger partial charge in [-0.05, 0) is 0 Å². The quantitative estimate of drug-likeness (QED) is 0.160. The molecule has 0 aromatic rings. The summed E-state index contributed by atoms with van der Waals surface area (Å²) in [5.41, 5.74) is 0. The second-order valence-corrected chi connectivity index (χ2v) is 8.28. The van der Waals surface area contributed by atoms with Gasteiger partial charge in [0.1, 0.15) is 54.9 Å². The number of aliphatic hydroxyl groups excluding tert-OH is 10. The minimum Gasteiger partial charge on any atom is -0.394 e. The summed E-state index contributed by atoms with van der Waals surface area (Å²) in [6, 6.07) is 0. The van der Waals surface area contributed by atoms with Crippen molar-refractivity contribution < 1.29 is 74.7 Å². The average molecular weight is 488 g/mol. The summed E-state index contributed by atoms with van der Waals surface area (Å²) >= 11 is 0. The van der Waals surface area contributed by atoms with Crippen LogP contribution in [0.25, 0.3) is 0 Å². The molecule has 0 unspecified atom stereocenters. The number of aliphatic hydroxyl groups is 10. The molecule has 0 saturated carbocycles. The molecule has 3 saturated heterocycles. The number of hydrogen-bond acceptors (Lipinski definition) is 15. The summed E-state index contributed by atoms with van der Waals surface area (Å²) < 4.78 is 26.3. The molecule has 14 atom stereocenters. The van der Waals surface area contributed by atoms with Crippen molar-refractivity contribution in [1.82, 2.24) is 0 Å². The summed E-state index contributed by atoms with van der Waals surface area (Å²) in [6.45, 7) is -1.69. The molecule has 3 fully saturated rings. The minimum absolute atomic E-state index is 0.0278. The number of rotatable bonds is 7. The van der Waals surface area contributed by atoms with Crippen LogP contribution in [0.15, 0.2) is 0 Å². The van der Waals surface area contributed by atoms with Crippen LogP contribution in [0.3, 0.4) is 0 Å². The molecule has 10 N–H and O–H groups in total. The van der Waals surface area contributed by atoms with Crippen LogP contribution in [0.1, 0.15) is 6.42 Å². The highest BCUT2D eigenvalue weighted by molar-refractivity contribution is 4.94. The van der Waals surface area contributed by atoms with Gasteiger partial charge >= 0.3 is 0 Å². The topological polar surface area (TPSA) is 248 Å². The van der Waals surface area contributed by atoms with Crippen molar-refractivity contribution in [3.05, 3.63) is 0 Å². The molecule has 194 valence electrons. The van der Waals surface area contributed by atoms with E-state index < -0.39 is 106 Å². The highest BCUT2D eigenvalue weighted by Crippen LogP contribution is 2.29. The predicted octanol–water partition coefficient (Wildman–Crippen LogP) is -6.54. The van der Waals surface area contributed by atoms with Gasteiger partial charge in [-0.25, -0.2) is 0 Å². The van der Waals surface area contributed by atoms with Gasteiger partial charge in [0.05, 0.1) is 32.0 Å². The second kappa shape index (κ2) is 11.4. The van der Waals surface area contributed by atoms with E-state index in [1.165, 1.54) is 0 Å². The summed E-state index contributed by atoms with van der Waals surface area (Å²) in [7, 11) is 0. The molecule has 15 heteroatoms. The normalized spacial score (nSPS) is 51.5. The van der Waals surface area contributed by atoms with Crippen molar-refractivity contribution in [2.24, 2.45) is 0 Å². The van der Waals surface area contributed by atoms with Crippen LogP contribution in [0, 0.1) is 0 Å². The molecule has 33 heavy (non-hydrogen) atoms. The Bertz CT molecular complexity index is 609. The van der Waals surface area contributed by atoms with Gasteiger partial charge in [0.2, 0.25) is 0 Å². The van der Waals surface area contributed by atoms with Crippen LogP contribution in [0.5, 0.6) is 0 Å². The highest BCUT2D eigenvalue weighted by Gasteiger charge is 2.50. The van der Waals surface area contributed by atoms with E-state index in [-0.39, 0.29) is 6.42 Å². The molecule has 3 heterocycles. The molecule has 0 aromatic carbocycles. The third kappa shape index (κ3) is 5.80. The fraction of sp³-hybridized carbons (Fsp3) is 1.00. The molecule has 0 spiro atoms. The van der Waals surface area contributed by atoms with E-state index in [1.54, 1.807) is 0 Å². The van der Waals surface area contributed by atoms with Crippen LogP contribution in [0.4, 0.5) is 0 Å². The van der Waals surface area contributed by atoms with Gasteiger partial charge in [-0.1, -0.05) is 0 Å². The molecule has 15 nitrogen and oxygen atoms in total. The van der Waals surface area contributed by atoms with Gasteiger partial charge in [0.15, 0.2) is 18.9 Å². The zero-order valence-corrected chi connectivity index (χ0v) is 17.4. The lowest BCUT2D eigenvalue weighted by Gasteiger charge is -2.45. The van der Waals surface area contributed by atoms with Crippen molar-refractivity contribution >= 4 is 0 Å². The lowest BCUT2D eigenvalue weighted by molar-refractivity contribution is -0.360. The second-order valence-electron chi connectivity index (χ2n) is 8.28. The van der Waals surface area contributed by atoms with E-state index in [1.807, 2.05) is 0 Å². The Balaban J connectivity index is 1.65. The van der Waals surface area contributed by atoms with Crippen LogP contribution < -0.4 is 0 Å². The molecule has 0 radical (unpaired) electrons. The molecule has 3 rings (SSSR count). The zero-order chi connectivity index (χ0) is 24.4. The maximum absolute atomic E-state index is 10.6. The monoisotopic (exact) mass is 488 g/mol. The van der Waals surface area contributed by atoms with Gasteiger partial charge < -0.3 is 74.7 Å². The van der Waals surface area contributed by atoms with Gasteiger partial charge in [-0.3, -0.25) is 0 Å². The van der Waals surface area contributed by atoms with Crippen molar-refractivity contribution in [3.63, 3.8) is 0 Å². The maximum atomic E-state index is 10.6. The Hall–Kier alpha value is -0.600. The van der Waals surface area contributed by atoms with Gasteiger partial charge in [0.25, 0.3) is 0 Å². The average Bonchev–Trinajstić information content (AvgIpc) is 2.80. The predicted molar refractivity (Wildman–Crippen MR) is 99.9 cm³/mol. The molecular formula is C18H32O15. The molecular weight excluding hydrogens is 456 g/mol. The van der Waals surface area contributed by atoms with Crippen molar-refractivity contribution in [2.75, 3.05) is 19.8 Å². The molecule has 0 bridgehead atoms. The van der Waals surface area contributed by atoms with E-state index in [4.69, 9.17) is 23.7 Å². The Kier molecular flexibility index (Phi) is 9.35. The Labute approximate surface area is 187 Å². The SMILES string of the molecule is OC[C@@H]1C[C@H](O)[C@H](O)[C@@H](OC[C@H]2O[C@H](O)[C@@H](O)[C@@H](O[C@H]3O[C@H](CO)[C@@H](O)[C@H](O)[C@@H]3O)[C@@H]2O)O1. The minimum atomic E-state index is -1.88. The summed E-state index contributed by atoms with van der Waals surface area (Å²) in [5, 5.41) is 99.1. The van der Waals surface area contributed by atoms with E-state index in [0.717, 1.165) is 0 Å². The van der Waals surface area contributed by atoms with Gasteiger partial charge in [-0.15, -0.1) is 0 Å². The Morgan fingerprint density at radius 1 is 0.636 bits per heavy atom. The standard InChI is InChI=1S/C18H32O15/c19-2-5-1-6(21)9(22)17(30-5)29-4-8-11(24)15(14(27)16(28)31-8)33-18-13(26)12(25)10(23)7(3-20)32-18/h5-28H,1-4H2/t5-,6-,7+,8+,9-,10+,11+,12-,13-,14-,15-,16-,17-,18+/m0/s1. The lowest BCUT2D eigenvalue weighted by Crippen LogP contribution is -2.64. The summed E-state index contributed by atoms with van der Waals surface area (Å²) in [5.74, 6) is 0. The van der Waals surface area contributed by atoms with Crippen LogP contribution in [-0.2, 0) is 23.7 Å². The van der Waals surface area contributed by atoms with Crippen LogP contribution >= 0.6 is 0 Å². The first kappa shape index (κ1) is 27.0. The summed E-state index contributed by atoms with van der Waals surface area (Å²) in [6.07, 6.45) is -21.6. The fourth-order valence-electron chi connectivity index (χ4n) is 3.91. The van der Waals surface area contributed by atoms with E-state index in [9.17, 15) is 51.1 Å². The first-order valence-corrected chi connectivity index (χ1v) is 10.5. The molecule has 0 aliphatic carbocycles. The van der Waals surface area contributed by atoms with Gasteiger partial charge in [-0.2, -0.15) is 0 Å². The van der Waals surface area contributed by atoms with E-state index in [0.29, 0.717) is 0 Å². The Morgan fingerprint density at radius 2 is 1.33 bits per heavy atom. The molecule has 3 aliphatic heterocycles. The van der Waals surface area contributed by atoms with Crippen LogP contribution in [0.2, 0.25) is 0 Å². The van der Waals surface area contributed by atoms with Gasteiger partial charge in [0, 0.05) is 6.42 Å². The third-order valence-corrected chi connectivity index (χ3v) is 5.93. The molecule has 0 aromatic heterocycles. The van der Waals surface area contributed by atoms with E-state index in [2.05, 4.69) is 0 Å². The maximum Gasteiger partial charge on any atom is 0.187 e. The lowest BCUT2D eigenvalue weighted by atomic mass is 9.97. The van der Waals surface area contributed by atoms with Crippen molar-refractivity contribution in [2.45, 2.75) is 92.4 Å².